The van der Waals surface area contributed by atoms with E-state index in [9.17, 15) is 9.59 Å². The molecule has 1 aliphatic rings. The van der Waals surface area contributed by atoms with Gasteiger partial charge in [0.05, 0.1) is 24.3 Å². The molecule has 4 N–H and O–H groups in total. The minimum Gasteiger partial charge on any atom is -0.493 e. The van der Waals surface area contributed by atoms with Crippen LogP contribution in [0.1, 0.15) is 47.1 Å². The zero-order valence-corrected chi connectivity index (χ0v) is 19.9. The number of benzene rings is 2. The summed E-state index contributed by atoms with van der Waals surface area (Å²) in [6.45, 7) is 13.3. The minimum atomic E-state index is -0.459. The third kappa shape index (κ3) is 8.07. The predicted octanol–water partition coefficient (Wildman–Crippen LogP) is 2.51. The molecule has 0 spiro atoms. The van der Waals surface area contributed by atoms with Gasteiger partial charge >= 0.3 is 0 Å². The second-order valence-corrected chi connectivity index (χ2v) is 7.63. The molecule has 2 aromatic rings. The quantitative estimate of drug-likeness (QED) is 0.600. The molecule has 2 aromatic carbocycles. The van der Waals surface area contributed by atoms with E-state index < -0.39 is 11.8 Å². The Balaban J connectivity index is 0.000000273. The van der Waals surface area contributed by atoms with Gasteiger partial charge in [0.15, 0.2) is 0 Å². The number of hydrogen-bond acceptors (Lipinski definition) is 6. The van der Waals surface area contributed by atoms with Crippen molar-refractivity contribution < 1.29 is 19.1 Å². The SMILES string of the molecule is CCOc1ccc(CN2CCN(CC)CC2)cc1C(N)=O.CCOc1ccccc1C(N)=O. The van der Waals surface area contributed by atoms with Gasteiger partial charge in [-0.05, 0) is 50.2 Å². The first-order chi connectivity index (χ1) is 15.9. The fourth-order valence-corrected chi connectivity index (χ4v) is 3.62. The van der Waals surface area contributed by atoms with Crippen molar-refractivity contribution in [3.63, 3.8) is 0 Å². The van der Waals surface area contributed by atoms with Crippen LogP contribution in [-0.4, -0.2) is 67.6 Å². The maximum absolute atomic E-state index is 11.5. The number of carbonyl (C=O) groups is 2. The van der Waals surface area contributed by atoms with E-state index in [0.717, 1.165) is 44.8 Å². The van der Waals surface area contributed by atoms with Crippen molar-refractivity contribution in [3.8, 4) is 11.5 Å². The number of primary amides is 2. The summed E-state index contributed by atoms with van der Waals surface area (Å²) < 4.78 is 10.6. The van der Waals surface area contributed by atoms with Gasteiger partial charge in [-0.15, -0.1) is 0 Å². The maximum atomic E-state index is 11.5. The summed E-state index contributed by atoms with van der Waals surface area (Å²) in [4.78, 5) is 27.2. The van der Waals surface area contributed by atoms with E-state index in [4.69, 9.17) is 20.9 Å². The molecule has 1 aliphatic heterocycles. The van der Waals surface area contributed by atoms with Gasteiger partial charge in [-0.2, -0.15) is 0 Å². The van der Waals surface area contributed by atoms with Gasteiger partial charge in [0, 0.05) is 32.7 Å². The molecule has 0 bridgehead atoms. The third-order valence-electron chi connectivity index (χ3n) is 5.38. The fourth-order valence-electron chi connectivity index (χ4n) is 3.62. The lowest BCUT2D eigenvalue weighted by molar-refractivity contribution is 0.0987. The number of nitrogens with zero attached hydrogens (tertiary/aromatic N) is 2. The lowest BCUT2D eigenvalue weighted by atomic mass is 10.1. The molecule has 1 fully saturated rings. The van der Waals surface area contributed by atoms with E-state index in [1.807, 2.05) is 32.0 Å². The summed E-state index contributed by atoms with van der Waals surface area (Å²) in [6, 6.07) is 12.7. The van der Waals surface area contributed by atoms with E-state index in [1.54, 1.807) is 24.3 Å². The summed E-state index contributed by atoms with van der Waals surface area (Å²) in [7, 11) is 0. The molecule has 0 unspecified atom stereocenters. The molecule has 0 radical (unpaired) electrons. The van der Waals surface area contributed by atoms with Crippen molar-refractivity contribution in [2.24, 2.45) is 11.5 Å². The number of amides is 2. The van der Waals surface area contributed by atoms with Crippen LogP contribution in [-0.2, 0) is 6.54 Å². The van der Waals surface area contributed by atoms with Crippen LogP contribution in [0.3, 0.4) is 0 Å². The summed E-state index contributed by atoms with van der Waals surface area (Å²) in [6.07, 6.45) is 0. The van der Waals surface area contributed by atoms with Crippen LogP contribution in [0, 0.1) is 0 Å². The van der Waals surface area contributed by atoms with Crippen LogP contribution in [0.25, 0.3) is 0 Å². The highest BCUT2D eigenvalue weighted by Crippen LogP contribution is 2.21. The normalized spacial score (nSPS) is 14.2. The Labute approximate surface area is 196 Å². The van der Waals surface area contributed by atoms with Crippen molar-refractivity contribution in [2.45, 2.75) is 27.3 Å². The molecule has 1 saturated heterocycles. The third-order valence-corrected chi connectivity index (χ3v) is 5.38. The van der Waals surface area contributed by atoms with Crippen molar-refractivity contribution >= 4 is 11.8 Å². The molecule has 33 heavy (non-hydrogen) atoms. The first-order valence-corrected chi connectivity index (χ1v) is 11.4. The van der Waals surface area contributed by atoms with Crippen molar-refractivity contribution in [2.75, 3.05) is 45.9 Å². The van der Waals surface area contributed by atoms with E-state index >= 15 is 0 Å². The first-order valence-electron chi connectivity index (χ1n) is 11.4. The van der Waals surface area contributed by atoms with Crippen molar-refractivity contribution in [1.29, 1.82) is 0 Å². The Bertz CT molecular complexity index is 911. The van der Waals surface area contributed by atoms with Gasteiger partial charge in [-0.1, -0.05) is 25.1 Å². The van der Waals surface area contributed by atoms with Crippen LogP contribution in [0.2, 0.25) is 0 Å². The lowest BCUT2D eigenvalue weighted by Gasteiger charge is -2.34. The number of nitrogens with two attached hydrogens (primary N) is 2. The first kappa shape index (κ1) is 26.2. The molecule has 1 heterocycles. The zero-order chi connectivity index (χ0) is 24.2. The standard InChI is InChI=1S/C16H25N3O2.C9H11NO2/c1-3-18-7-9-19(10-8-18)12-13-5-6-15(21-4-2)14(11-13)16(17)20;1-2-12-8-6-4-3-5-7(8)9(10)11/h5-6,11H,3-4,7-10,12H2,1-2H3,(H2,17,20);3-6H,2H2,1H3,(H2,10,11). The number of rotatable bonds is 9. The predicted molar refractivity (Wildman–Crippen MR) is 130 cm³/mol. The van der Waals surface area contributed by atoms with Crippen LogP contribution in [0.4, 0.5) is 0 Å². The van der Waals surface area contributed by atoms with Gasteiger partial charge in [0.2, 0.25) is 0 Å². The average molecular weight is 457 g/mol. The second kappa shape index (κ2) is 13.4. The zero-order valence-electron chi connectivity index (χ0n) is 19.9. The molecule has 0 aromatic heterocycles. The Morgan fingerprint density at radius 1 is 0.788 bits per heavy atom. The average Bonchev–Trinajstić information content (AvgIpc) is 2.81. The molecule has 8 nitrogen and oxygen atoms in total. The number of hydrogen-bond donors (Lipinski definition) is 2. The van der Waals surface area contributed by atoms with Crippen molar-refractivity contribution in [3.05, 3.63) is 59.2 Å². The van der Waals surface area contributed by atoms with E-state index in [0.29, 0.717) is 35.8 Å². The summed E-state index contributed by atoms with van der Waals surface area (Å²) in [5.74, 6) is 0.229. The Morgan fingerprint density at radius 2 is 1.33 bits per heavy atom. The fraction of sp³-hybridized carbons (Fsp3) is 0.440. The number of para-hydroxylation sites is 1. The van der Waals surface area contributed by atoms with E-state index in [2.05, 4.69) is 16.7 Å². The smallest absolute Gasteiger partial charge is 0.252 e. The van der Waals surface area contributed by atoms with Gasteiger partial charge in [-0.3, -0.25) is 14.5 Å². The van der Waals surface area contributed by atoms with E-state index in [1.165, 1.54) is 0 Å². The molecule has 3 rings (SSSR count). The maximum Gasteiger partial charge on any atom is 0.252 e. The second-order valence-electron chi connectivity index (χ2n) is 7.63. The highest BCUT2D eigenvalue weighted by Gasteiger charge is 2.17. The largest absolute Gasteiger partial charge is 0.493 e. The number of carbonyl (C=O) groups excluding carboxylic acids is 2. The Hall–Kier alpha value is -3.10. The molecule has 0 atom stereocenters. The highest BCUT2D eigenvalue weighted by molar-refractivity contribution is 5.96. The molecule has 2 amide bonds. The van der Waals surface area contributed by atoms with Gasteiger partial charge in [0.25, 0.3) is 11.8 Å². The lowest BCUT2D eigenvalue weighted by Crippen LogP contribution is -2.45. The molecular formula is C25H36N4O4. The number of ether oxygens (including phenoxy) is 2. The number of piperazine rings is 1. The van der Waals surface area contributed by atoms with Crippen molar-refractivity contribution in [1.82, 2.24) is 9.80 Å². The van der Waals surface area contributed by atoms with Gasteiger partial charge in [0.1, 0.15) is 11.5 Å². The van der Waals surface area contributed by atoms with Crippen LogP contribution >= 0.6 is 0 Å². The molecule has 8 heteroatoms. The molecule has 180 valence electrons. The van der Waals surface area contributed by atoms with Crippen LogP contribution in [0.5, 0.6) is 11.5 Å². The molecule has 0 saturated carbocycles. The minimum absolute atomic E-state index is 0.430. The Kier molecular flexibility index (Phi) is 10.7. The van der Waals surface area contributed by atoms with Gasteiger partial charge < -0.3 is 25.8 Å². The topological polar surface area (TPSA) is 111 Å². The van der Waals surface area contributed by atoms with Gasteiger partial charge in [-0.25, -0.2) is 0 Å². The molecular weight excluding hydrogens is 420 g/mol. The summed E-state index contributed by atoms with van der Waals surface area (Å²) in [5, 5.41) is 0. The summed E-state index contributed by atoms with van der Waals surface area (Å²) in [5.41, 5.74) is 12.6. The number of likely N-dealkylation sites (N-methyl/N-ethyl adjacent to an activating group) is 1. The van der Waals surface area contributed by atoms with Crippen LogP contribution in [0.15, 0.2) is 42.5 Å². The van der Waals surface area contributed by atoms with E-state index in [-0.39, 0.29) is 0 Å². The monoisotopic (exact) mass is 456 g/mol. The summed E-state index contributed by atoms with van der Waals surface area (Å²) >= 11 is 0. The molecule has 0 aliphatic carbocycles. The Morgan fingerprint density at radius 3 is 1.88 bits per heavy atom. The highest BCUT2D eigenvalue weighted by atomic mass is 16.5. The van der Waals surface area contributed by atoms with Crippen LogP contribution < -0.4 is 20.9 Å².